The molecular formula is C29H30N2O3. The fraction of sp³-hybridized carbons (Fsp3) is 0.345. The number of fused-ring (bicyclic) bond motifs is 2. The smallest absolute Gasteiger partial charge is 0.293 e. The van der Waals surface area contributed by atoms with Gasteiger partial charge in [0, 0.05) is 24.1 Å². The van der Waals surface area contributed by atoms with Crippen molar-refractivity contribution in [3.05, 3.63) is 102 Å². The molecule has 0 aliphatic carbocycles. The van der Waals surface area contributed by atoms with Gasteiger partial charge < -0.3 is 9.47 Å². The van der Waals surface area contributed by atoms with E-state index < -0.39 is 5.79 Å². The van der Waals surface area contributed by atoms with E-state index in [0.717, 1.165) is 36.3 Å². The van der Waals surface area contributed by atoms with Crippen LogP contribution in [0.3, 0.4) is 0 Å². The number of hydrogen-bond acceptors (Lipinski definition) is 4. The van der Waals surface area contributed by atoms with Crippen molar-refractivity contribution in [1.82, 2.24) is 4.90 Å². The third-order valence-corrected chi connectivity index (χ3v) is 7.62. The maximum atomic E-state index is 13.9. The van der Waals surface area contributed by atoms with Crippen LogP contribution in [-0.4, -0.2) is 43.8 Å². The topological polar surface area (TPSA) is 42.0 Å². The SMILES string of the molecule is CC1(c2ccccc2)COC2(OC1)C(=O)N(CN1CC[C@H](c3ccccc3)C1)c1ccccc12. The van der Waals surface area contributed by atoms with E-state index in [4.69, 9.17) is 9.47 Å². The molecule has 0 bridgehead atoms. The number of rotatable bonds is 4. The van der Waals surface area contributed by atoms with Crippen molar-refractivity contribution in [1.29, 1.82) is 0 Å². The van der Waals surface area contributed by atoms with Crippen molar-refractivity contribution < 1.29 is 14.3 Å². The number of ether oxygens (including phenoxy) is 2. The molecule has 3 aliphatic rings. The maximum absolute atomic E-state index is 13.9. The number of benzene rings is 3. The van der Waals surface area contributed by atoms with Gasteiger partial charge in [0.25, 0.3) is 11.7 Å². The highest BCUT2D eigenvalue weighted by Crippen LogP contribution is 2.48. The van der Waals surface area contributed by atoms with Gasteiger partial charge >= 0.3 is 0 Å². The number of likely N-dealkylation sites (tertiary alicyclic amines) is 1. The van der Waals surface area contributed by atoms with E-state index in [2.05, 4.69) is 54.3 Å². The first-order valence-electron chi connectivity index (χ1n) is 12.1. The number of carbonyl (C=O) groups excluding carboxylic acids is 1. The molecule has 3 aliphatic heterocycles. The fourth-order valence-corrected chi connectivity index (χ4v) is 5.58. The zero-order valence-corrected chi connectivity index (χ0v) is 19.5. The summed E-state index contributed by atoms with van der Waals surface area (Å²) in [6, 6.07) is 28.8. The van der Waals surface area contributed by atoms with Crippen molar-refractivity contribution >= 4 is 11.6 Å². The Morgan fingerprint density at radius 1 is 0.882 bits per heavy atom. The molecule has 1 atom stereocenters. The first-order chi connectivity index (χ1) is 16.6. The predicted molar refractivity (Wildman–Crippen MR) is 132 cm³/mol. The molecule has 5 heteroatoms. The molecule has 0 aromatic heterocycles. The molecular weight excluding hydrogens is 424 g/mol. The lowest BCUT2D eigenvalue weighted by atomic mass is 9.83. The molecule has 0 radical (unpaired) electrons. The fourth-order valence-electron chi connectivity index (χ4n) is 5.58. The van der Waals surface area contributed by atoms with E-state index in [1.807, 2.05) is 47.4 Å². The van der Waals surface area contributed by atoms with Crippen LogP contribution >= 0.6 is 0 Å². The van der Waals surface area contributed by atoms with E-state index >= 15 is 0 Å². The number of anilines is 1. The number of amides is 1. The van der Waals surface area contributed by atoms with Crippen LogP contribution in [0, 0.1) is 0 Å². The zero-order valence-electron chi connectivity index (χ0n) is 19.5. The lowest BCUT2D eigenvalue weighted by molar-refractivity contribution is -0.276. The Hall–Kier alpha value is -2.99. The Morgan fingerprint density at radius 2 is 1.53 bits per heavy atom. The molecule has 1 spiro atoms. The summed E-state index contributed by atoms with van der Waals surface area (Å²) in [6.45, 7) is 5.42. The molecule has 0 unspecified atom stereocenters. The third kappa shape index (κ3) is 3.47. The molecule has 34 heavy (non-hydrogen) atoms. The lowest BCUT2D eigenvalue weighted by Crippen LogP contribution is -2.54. The molecule has 174 valence electrons. The van der Waals surface area contributed by atoms with Gasteiger partial charge in [0.15, 0.2) is 0 Å². The summed E-state index contributed by atoms with van der Waals surface area (Å²) in [5, 5.41) is 0. The minimum Gasteiger partial charge on any atom is -0.337 e. The average Bonchev–Trinajstić information content (AvgIpc) is 3.45. The summed E-state index contributed by atoms with van der Waals surface area (Å²) >= 11 is 0. The molecule has 3 aromatic rings. The summed E-state index contributed by atoms with van der Waals surface area (Å²) in [5.41, 5.74) is 3.93. The first kappa shape index (κ1) is 21.5. The summed E-state index contributed by atoms with van der Waals surface area (Å²) in [4.78, 5) is 18.1. The second-order valence-corrected chi connectivity index (χ2v) is 9.99. The highest BCUT2D eigenvalue weighted by molar-refractivity contribution is 6.06. The van der Waals surface area contributed by atoms with E-state index in [1.165, 1.54) is 5.56 Å². The van der Waals surface area contributed by atoms with E-state index in [9.17, 15) is 4.79 Å². The van der Waals surface area contributed by atoms with Crippen LogP contribution in [0.2, 0.25) is 0 Å². The molecule has 5 nitrogen and oxygen atoms in total. The van der Waals surface area contributed by atoms with E-state index in [-0.39, 0.29) is 11.3 Å². The summed E-state index contributed by atoms with van der Waals surface area (Å²) in [7, 11) is 0. The Balaban J connectivity index is 1.23. The molecule has 2 saturated heterocycles. The Morgan fingerprint density at radius 3 is 2.26 bits per heavy atom. The van der Waals surface area contributed by atoms with Crippen LogP contribution in [0.4, 0.5) is 5.69 Å². The summed E-state index contributed by atoms with van der Waals surface area (Å²) in [6.07, 6.45) is 1.10. The third-order valence-electron chi connectivity index (χ3n) is 7.62. The average molecular weight is 455 g/mol. The van der Waals surface area contributed by atoms with Gasteiger partial charge in [-0.15, -0.1) is 0 Å². The number of para-hydroxylation sites is 1. The second kappa shape index (κ2) is 8.35. The van der Waals surface area contributed by atoms with Crippen LogP contribution in [0.25, 0.3) is 0 Å². The van der Waals surface area contributed by atoms with Crippen LogP contribution in [0.5, 0.6) is 0 Å². The van der Waals surface area contributed by atoms with Crippen LogP contribution in [-0.2, 0) is 25.5 Å². The predicted octanol–water partition coefficient (Wildman–Crippen LogP) is 4.64. The van der Waals surface area contributed by atoms with Gasteiger partial charge in [-0.3, -0.25) is 14.6 Å². The van der Waals surface area contributed by atoms with Gasteiger partial charge in [-0.1, -0.05) is 85.8 Å². The van der Waals surface area contributed by atoms with Gasteiger partial charge in [-0.2, -0.15) is 0 Å². The zero-order chi connectivity index (χ0) is 23.2. The lowest BCUT2D eigenvalue weighted by Gasteiger charge is -2.42. The van der Waals surface area contributed by atoms with Gasteiger partial charge in [0.05, 0.1) is 25.6 Å². The van der Waals surface area contributed by atoms with E-state index in [0.29, 0.717) is 25.8 Å². The highest BCUT2D eigenvalue weighted by atomic mass is 16.7. The van der Waals surface area contributed by atoms with Crippen LogP contribution in [0.15, 0.2) is 84.9 Å². The second-order valence-electron chi connectivity index (χ2n) is 9.99. The number of hydrogen-bond donors (Lipinski definition) is 0. The monoisotopic (exact) mass is 454 g/mol. The molecule has 0 N–H and O–H groups in total. The number of carbonyl (C=O) groups is 1. The van der Waals surface area contributed by atoms with Crippen LogP contribution in [0.1, 0.15) is 36.0 Å². The van der Waals surface area contributed by atoms with Crippen molar-refractivity contribution in [2.24, 2.45) is 0 Å². The molecule has 3 heterocycles. The maximum Gasteiger partial charge on any atom is 0.293 e. The van der Waals surface area contributed by atoms with Gasteiger partial charge in [0.2, 0.25) is 0 Å². The number of nitrogens with zero attached hydrogens (tertiary/aromatic N) is 2. The Labute approximate surface area is 200 Å². The molecule has 2 fully saturated rings. The molecule has 3 aromatic carbocycles. The van der Waals surface area contributed by atoms with Crippen molar-refractivity contribution in [3.8, 4) is 0 Å². The minimum atomic E-state index is -1.36. The molecule has 0 saturated carbocycles. The Bertz CT molecular complexity index is 1170. The van der Waals surface area contributed by atoms with Crippen molar-refractivity contribution in [2.75, 3.05) is 37.9 Å². The molecule has 6 rings (SSSR count). The largest absolute Gasteiger partial charge is 0.337 e. The first-order valence-corrected chi connectivity index (χ1v) is 12.1. The van der Waals surface area contributed by atoms with Crippen molar-refractivity contribution in [2.45, 2.75) is 30.5 Å². The Kier molecular flexibility index (Phi) is 5.29. The van der Waals surface area contributed by atoms with Gasteiger partial charge in [-0.25, -0.2) is 0 Å². The standard InChI is InChI=1S/C29H30N2O3/c1-28(24-12-6-3-7-13-24)19-33-29(34-20-28)25-14-8-9-15-26(25)31(27(29)32)21-30-17-16-23(18-30)22-10-4-2-5-11-22/h2-15,23H,16-21H2,1H3/t23-,28?,29?/m0/s1. The summed E-state index contributed by atoms with van der Waals surface area (Å²) in [5.74, 6) is -0.979. The normalized spacial score (nSPS) is 29.0. The minimum absolute atomic E-state index is 0.119. The summed E-state index contributed by atoms with van der Waals surface area (Å²) < 4.78 is 12.8. The van der Waals surface area contributed by atoms with E-state index in [1.54, 1.807) is 0 Å². The van der Waals surface area contributed by atoms with Gasteiger partial charge in [-0.05, 0) is 29.5 Å². The van der Waals surface area contributed by atoms with Crippen LogP contribution < -0.4 is 4.90 Å². The molecule has 1 amide bonds. The quantitative estimate of drug-likeness (QED) is 0.576. The highest BCUT2D eigenvalue weighted by Gasteiger charge is 2.57. The van der Waals surface area contributed by atoms with Crippen molar-refractivity contribution in [3.63, 3.8) is 0 Å². The van der Waals surface area contributed by atoms with Gasteiger partial charge in [0.1, 0.15) is 0 Å².